The Hall–Kier alpha value is -3.84. The minimum absolute atomic E-state index is 0.00202. The molecule has 3 aromatic rings. The molecule has 3 rings (SSSR count). The molecule has 0 unspecified atom stereocenters. The number of anilines is 1. The van der Waals surface area contributed by atoms with Crippen LogP contribution < -0.4 is 20.8 Å². The van der Waals surface area contributed by atoms with Crippen LogP contribution in [0.4, 0.5) is 18.9 Å². The summed E-state index contributed by atoms with van der Waals surface area (Å²) in [4.78, 5) is 36.0. The Morgan fingerprint density at radius 3 is 2.59 bits per heavy atom. The molecule has 0 radical (unpaired) electrons. The van der Waals surface area contributed by atoms with Crippen molar-refractivity contribution in [3.63, 3.8) is 0 Å². The zero-order valence-corrected chi connectivity index (χ0v) is 20.9. The highest BCUT2D eigenvalue weighted by atomic mass is 79.9. The summed E-state index contributed by atoms with van der Waals surface area (Å²) >= 11 is 8.95. The first-order chi connectivity index (χ1) is 17.5. The van der Waals surface area contributed by atoms with Crippen molar-refractivity contribution in [2.24, 2.45) is 5.10 Å². The average molecular weight is 602 g/mol. The second-order valence-corrected chi connectivity index (χ2v) is 8.52. The first-order valence-corrected chi connectivity index (χ1v) is 11.4. The van der Waals surface area contributed by atoms with Gasteiger partial charge in [-0.15, -0.1) is 0 Å². The van der Waals surface area contributed by atoms with E-state index in [2.05, 4.69) is 31.7 Å². The van der Waals surface area contributed by atoms with Crippen LogP contribution in [0.1, 0.15) is 16.9 Å². The zero-order chi connectivity index (χ0) is 27.0. The molecule has 194 valence electrons. The smallest absolute Gasteiger partial charge is 0.418 e. The van der Waals surface area contributed by atoms with Gasteiger partial charge in [-0.1, -0.05) is 27.5 Å². The number of nitrogens with one attached hydrogen (secondary N) is 3. The molecule has 0 aliphatic carbocycles. The number of amides is 3. The first kappa shape index (κ1) is 27.7. The summed E-state index contributed by atoms with van der Waals surface area (Å²) in [5.74, 6) is -2.33. The van der Waals surface area contributed by atoms with Gasteiger partial charge in [-0.2, -0.15) is 18.3 Å². The van der Waals surface area contributed by atoms with E-state index in [4.69, 9.17) is 20.8 Å². The molecule has 0 aliphatic rings. The Kier molecular flexibility index (Phi) is 9.31. The van der Waals surface area contributed by atoms with Crippen LogP contribution in [0.5, 0.6) is 5.75 Å². The number of rotatable bonds is 8. The number of alkyl halides is 3. The number of nitrogens with zero attached hydrogens (tertiary/aromatic N) is 1. The number of benzene rings is 2. The van der Waals surface area contributed by atoms with E-state index in [9.17, 15) is 27.6 Å². The van der Waals surface area contributed by atoms with Crippen molar-refractivity contribution in [1.82, 2.24) is 10.7 Å². The monoisotopic (exact) mass is 600 g/mol. The molecule has 3 N–H and O–H groups in total. The molecule has 3 amide bonds. The van der Waals surface area contributed by atoms with Gasteiger partial charge in [0, 0.05) is 15.1 Å². The van der Waals surface area contributed by atoms with E-state index in [0.29, 0.717) is 5.76 Å². The van der Waals surface area contributed by atoms with Crippen molar-refractivity contribution in [3.8, 4) is 5.75 Å². The Balaban J connectivity index is 1.59. The molecule has 0 bridgehead atoms. The normalized spacial score (nSPS) is 11.3. The molecule has 2 aromatic carbocycles. The molecule has 0 fully saturated rings. The molecular formula is C23H17BrClF3N4O5. The molecule has 1 aromatic heterocycles. The molecule has 0 atom stereocenters. The summed E-state index contributed by atoms with van der Waals surface area (Å²) in [6.07, 6.45) is -2.15. The van der Waals surface area contributed by atoms with Gasteiger partial charge in [-0.25, -0.2) is 5.43 Å². The lowest BCUT2D eigenvalue weighted by Crippen LogP contribution is -2.37. The third-order valence-corrected chi connectivity index (χ3v) is 5.20. The van der Waals surface area contributed by atoms with Crippen LogP contribution in [0.15, 0.2) is 68.8 Å². The summed E-state index contributed by atoms with van der Waals surface area (Å²) < 4.78 is 50.4. The summed E-state index contributed by atoms with van der Waals surface area (Å²) in [7, 11) is 0. The fraction of sp³-hybridized carbons (Fsp3) is 0.130. The van der Waals surface area contributed by atoms with Crippen molar-refractivity contribution in [3.05, 3.63) is 81.2 Å². The van der Waals surface area contributed by atoms with Gasteiger partial charge in [0.05, 0.1) is 30.3 Å². The van der Waals surface area contributed by atoms with Crippen LogP contribution in [0.2, 0.25) is 5.02 Å². The highest BCUT2D eigenvalue weighted by molar-refractivity contribution is 9.10. The van der Waals surface area contributed by atoms with Gasteiger partial charge < -0.3 is 19.8 Å². The van der Waals surface area contributed by atoms with Gasteiger partial charge in [0.25, 0.3) is 5.91 Å². The summed E-state index contributed by atoms with van der Waals surface area (Å²) in [5.41, 5.74) is 0.784. The number of hydrogen-bond acceptors (Lipinski definition) is 6. The lowest BCUT2D eigenvalue weighted by molar-refractivity contribution is -0.139. The highest BCUT2D eigenvalue weighted by Crippen LogP contribution is 2.36. The summed E-state index contributed by atoms with van der Waals surface area (Å²) in [6, 6.07) is 10.8. The third-order valence-electron chi connectivity index (χ3n) is 4.47. The molecule has 9 nitrogen and oxygen atoms in total. The summed E-state index contributed by atoms with van der Waals surface area (Å²) in [6.45, 7) is -0.639. The predicted octanol–water partition coefficient (Wildman–Crippen LogP) is 4.50. The van der Waals surface area contributed by atoms with E-state index in [-0.39, 0.29) is 27.4 Å². The third kappa shape index (κ3) is 8.36. The van der Waals surface area contributed by atoms with Gasteiger partial charge in [-0.05, 0) is 48.5 Å². The van der Waals surface area contributed by atoms with E-state index < -0.39 is 41.8 Å². The lowest BCUT2D eigenvalue weighted by atomic mass is 10.1. The average Bonchev–Trinajstić information content (AvgIpc) is 3.36. The maximum absolute atomic E-state index is 13.3. The second-order valence-electron chi connectivity index (χ2n) is 7.17. The van der Waals surface area contributed by atoms with Gasteiger partial charge in [0.1, 0.15) is 11.5 Å². The van der Waals surface area contributed by atoms with Crippen LogP contribution in [-0.4, -0.2) is 30.5 Å². The van der Waals surface area contributed by atoms with Crippen molar-refractivity contribution >= 4 is 57.2 Å². The fourth-order valence-corrected chi connectivity index (χ4v) is 3.35. The van der Waals surface area contributed by atoms with Gasteiger partial charge in [0.15, 0.2) is 6.61 Å². The quantitative estimate of drug-likeness (QED) is 0.199. The lowest BCUT2D eigenvalue weighted by Gasteiger charge is -2.15. The second kappa shape index (κ2) is 12.4. The van der Waals surface area contributed by atoms with Gasteiger partial charge in [0.2, 0.25) is 0 Å². The van der Waals surface area contributed by atoms with E-state index in [0.717, 1.165) is 18.3 Å². The van der Waals surface area contributed by atoms with Gasteiger partial charge in [-0.3, -0.25) is 14.4 Å². The molecule has 37 heavy (non-hydrogen) atoms. The van der Waals surface area contributed by atoms with E-state index in [1.807, 2.05) is 5.43 Å². The van der Waals surface area contributed by atoms with Gasteiger partial charge >= 0.3 is 18.0 Å². The van der Waals surface area contributed by atoms with E-state index in [1.54, 1.807) is 12.1 Å². The number of carbonyl (C=O) groups excluding carboxylic acids is 3. The minimum Gasteiger partial charge on any atom is -0.483 e. The zero-order valence-electron chi connectivity index (χ0n) is 18.6. The topological polar surface area (TPSA) is 122 Å². The van der Waals surface area contributed by atoms with Crippen LogP contribution in [0.3, 0.4) is 0 Å². The Morgan fingerprint density at radius 2 is 1.89 bits per heavy atom. The van der Waals surface area contributed by atoms with Crippen LogP contribution >= 0.6 is 27.5 Å². The first-order valence-electron chi connectivity index (χ1n) is 10.3. The highest BCUT2D eigenvalue weighted by Gasteiger charge is 2.34. The number of ether oxygens (including phenoxy) is 1. The molecule has 14 heteroatoms. The standard InChI is InChI=1S/C23H17BrClF3N4O5/c24-14-3-5-18(17(9-14)23(26,27)28)31-20(33)12-37-19-6-4-15(25)8-13(19)10-30-32-22(35)21(34)29-11-16-2-1-7-36-16/h1-10H,11-12H2,(H,29,34)(H,31,33)(H,32,35)/b30-10-. The van der Waals surface area contributed by atoms with Crippen molar-refractivity contribution in [2.45, 2.75) is 12.7 Å². The number of hydrazone groups is 1. The Morgan fingerprint density at radius 1 is 1.11 bits per heavy atom. The predicted molar refractivity (Wildman–Crippen MR) is 131 cm³/mol. The largest absolute Gasteiger partial charge is 0.483 e. The molecule has 1 heterocycles. The maximum Gasteiger partial charge on any atom is 0.418 e. The van der Waals surface area contributed by atoms with E-state index in [1.165, 1.54) is 30.5 Å². The fourth-order valence-electron chi connectivity index (χ4n) is 2.81. The Labute approximate surface area is 221 Å². The van der Waals surface area contributed by atoms with Crippen molar-refractivity contribution in [2.75, 3.05) is 11.9 Å². The summed E-state index contributed by atoms with van der Waals surface area (Å²) in [5, 5.41) is 8.45. The molecule has 0 saturated carbocycles. The number of halogens is 5. The van der Waals surface area contributed by atoms with Crippen molar-refractivity contribution < 1.29 is 36.7 Å². The maximum atomic E-state index is 13.3. The number of furan rings is 1. The molecular weight excluding hydrogens is 585 g/mol. The molecule has 0 spiro atoms. The van der Waals surface area contributed by atoms with Crippen LogP contribution in [-0.2, 0) is 27.1 Å². The SMILES string of the molecule is O=C(COc1ccc(Cl)cc1/C=N\NC(=O)C(=O)NCc1ccco1)Nc1ccc(Br)cc1C(F)(F)F. The minimum atomic E-state index is -4.69. The number of hydrogen-bond donors (Lipinski definition) is 3. The van der Waals surface area contributed by atoms with E-state index >= 15 is 0 Å². The number of carbonyl (C=O) groups is 3. The van der Waals surface area contributed by atoms with Crippen LogP contribution in [0.25, 0.3) is 0 Å². The Bertz CT molecular complexity index is 1320. The molecule has 0 aliphatic heterocycles. The molecule has 0 saturated heterocycles. The van der Waals surface area contributed by atoms with Crippen LogP contribution in [0, 0.1) is 0 Å². The van der Waals surface area contributed by atoms with Crippen molar-refractivity contribution in [1.29, 1.82) is 0 Å².